The van der Waals surface area contributed by atoms with Gasteiger partial charge in [-0.15, -0.1) is 0 Å². The van der Waals surface area contributed by atoms with E-state index in [9.17, 15) is 12.8 Å². The van der Waals surface area contributed by atoms with Crippen LogP contribution in [0.3, 0.4) is 0 Å². The number of rotatable bonds is 2. The summed E-state index contributed by atoms with van der Waals surface area (Å²) in [5, 5.41) is 0. The number of sulfone groups is 1. The SMILES string of the molecule is CS(=O)(=O)Cc1ccc(F)nc1. The molecule has 0 N–H and O–H groups in total. The Hall–Kier alpha value is -0.970. The first kappa shape index (κ1) is 9.12. The lowest BCUT2D eigenvalue weighted by molar-refractivity contribution is 0.581. The Balaban J connectivity index is 2.85. The van der Waals surface area contributed by atoms with Crippen molar-refractivity contribution >= 4 is 9.84 Å². The molecule has 1 rings (SSSR count). The number of hydrogen-bond acceptors (Lipinski definition) is 3. The van der Waals surface area contributed by atoms with E-state index in [2.05, 4.69) is 4.98 Å². The lowest BCUT2D eigenvalue weighted by atomic mass is 10.3. The van der Waals surface area contributed by atoms with Crippen molar-refractivity contribution in [2.75, 3.05) is 6.26 Å². The fraction of sp³-hybridized carbons (Fsp3) is 0.286. The number of halogens is 1. The fourth-order valence-electron chi connectivity index (χ4n) is 0.795. The molecule has 5 heteroatoms. The van der Waals surface area contributed by atoms with Gasteiger partial charge in [-0.3, -0.25) is 0 Å². The van der Waals surface area contributed by atoms with Crippen LogP contribution in [0.2, 0.25) is 0 Å². The van der Waals surface area contributed by atoms with Crippen LogP contribution in [0.4, 0.5) is 4.39 Å². The second-order valence-electron chi connectivity index (χ2n) is 2.56. The average molecular weight is 189 g/mol. The molecule has 0 fully saturated rings. The molecule has 66 valence electrons. The second kappa shape index (κ2) is 3.18. The van der Waals surface area contributed by atoms with Gasteiger partial charge < -0.3 is 0 Å². The van der Waals surface area contributed by atoms with Crippen molar-refractivity contribution in [1.29, 1.82) is 0 Å². The van der Waals surface area contributed by atoms with Crippen LogP contribution in [0.25, 0.3) is 0 Å². The highest BCUT2D eigenvalue weighted by molar-refractivity contribution is 7.89. The Kier molecular flexibility index (Phi) is 2.42. The summed E-state index contributed by atoms with van der Waals surface area (Å²) in [6.07, 6.45) is 2.34. The van der Waals surface area contributed by atoms with Crippen LogP contribution in [0, 0.1) is 5.95 Å². The van der Waals surface area contributed by atoms with E-state index in [1.807, 2.05) is 0 Å². The maximum absolute atomic E-state index is 12.3. The quantitative estimate of drug-likeness (QED) is 0.645. The number of nitrogens with zero attached hydrogens (tertiary/aromatic N) is 1. The third-order valence-electron chi connectivity index (χ3n) is 1.22. The lowest BCUT2D eigenvalue weighted by Gasteiger charge is -1.96. The van der Waals surface area contributed by atoms with Crippen LogP contribution >= 0.6 is 0 Å². The van der Waals surface area contributed by atoms with Gasteiger partial charge in [-0.1, -0.05) is 6.07 Å². The summed E-state index contributed by atoms with van der Waals surface area (Å²) in [5.74, 6) is -0.701. The van der Waals surface area contributed by atoms with E-state index >= 15 is 0 Å². The molecule has 0 aromatic carbocycles. The van der Waals surface area contributed by atoms with Crippen LogP contribution in [-0.4, -0.2) is 19.7 Å². The molecule has 0 unspecified atom stereocenters. The Morgan fingerprint density at radius 3 is 2.58 bits per heavy atom. The first-order chi connectivity index (χ1) is 5.47. The predicted octanol–water partition coefficient (Wildman–Crippen LogP) is 0.765. The van der Waals surface area contributed by atoms with Crippen molar-refractivity contribution < 1.29 is 12.8 Å². The Labute approximate surface area is 70.2 Å². The highest BCUT2D eigenvalue weighted by Gasteiger charge is 2.04. The molecule has 0 atom stereocenters. The van der Waals surface area contributed by atoms with E-state index in [-0.39, 0.29) is 5.75 Å². The van der Waals surface area contributed by atoms with Gasteiger partial charge >= 0.3 is 0 Å². The Bertz CT molecular complexity index is 357. The normalized spacial score (nSPS) is 11.5. The zero-order valence-corrected chi connectivity index (χ0v) is 7.31. The number of hydrogen-bond donors (Lipinski definition) is 0. The summed E-state index contributed by atoms with van der Waals surface area (Å²) < 4.78 is 33.8. The van der Waals surface area contributed by atoms with Gasteiger partial charge in [-0.25, -0.2) is 13.4 Å². The molecular weight excluding hydrogens is 181 g/mol. The van der Waals surface area contributed by atoms with Crippen molar-refractivity contribution in [3.05, 3.63) is 29.8 Å². The standard InChI is InChI=1S/C7H8FNO2S/c1-12(10,11)5-6-2-3-7(8)9-4-6/h2-4H,5H2,1H3. The summed E-state index contributed by atoms with van der Waals surface area (Å²) in [4.78, 5) is 3.33. The average Bonchev–Trinajstić information content (AvgIpc) is 1.91. The minimum Gasteiger partial charge on any atom is -0.229 e. The minimum absolute atomic E-state index is 0.0969. The molecule has 3 nitrogen and oxygen atoms in total. The van der Waals surface area contributed by atoms with Crippen molar-refractivity contribution in [2.24, 2.45) is 0 Å². The van der Waals surface area contributed by atoms with Crippen molar-refractivity contribution in [2.45, 2.75) is 5.75 Å². The monoisotopic (exact) mass is 189 g/mol. The molecule has 0 amide bonds. The van der Waals surface area contributed by atoms with Crippen LogP contribution < -0.4 is 0 Å². The molecule has 0 spiro atoms. The first-order valence-corrected chi connectivity index (χ1v) is 5.31. The third-order valence-corrected chi connectivity index (χ3v) is 2.08. The zero-order chi connectivity index (χ0) is 9.19. The van der Waals surface area contributed by atoms with Gasteiger partial charge in [0.2, 0.25) is 5.95 Å². The minimum atomic E-state index is -3.05. The molecule has 1 heterocycles. The fourth-order valence-corrected chi connectivity index (χ4v) is 1.57. The maximum Gasteiger partial charge on any atom is 0.212 e. The molecule has 0 radical (unpaired) electrons. The summed E-state index contributed by atoms with van der Waals surface area (Å²) in [6.45, 7) is 0. The molecule has 0 saturated carbocycles. The molecule has 0 aliphatic carbocycles. The van der Waals surface area contributed by atoms with Gasteiger partial charge in [-0.2, -0.15) is 4.39 Å². The van der Waals surface area contributed by atoms with Crippen molar-refractivity contribution in [3.63, 3.8) is 0 Å². The van der Waals surface area contributed by atoms with Crippen LogP contribution in [-0.2, 0) is 15.6 Å². The summed E-state index contributed by atoms with van der Waals surface area (Å²) in [6, 6.07) is 2.55. The van der Waals surface area contributed by atoms with E-state index in [0.29, 0.717) is 5.56 Å². The van der Waals surface area contributed by atoms with Gasteiger partial charge in [0.15, 0.2) is 9.84 Å². The van der Waals surface area contributed by atoms with Gasteiger partial charge in [0, 0.05) is 12.5 Å². The van der Waals surface area contributed by atoms with E-state index < -0.39 is 15.8 Å². The number of aromatic nitrogens is 1. The number of pyridine rings is 1. The van der Waals surface area contributed by atoms with Gasteiger partial charge in [-0.05, 0) is 11.6 Å². The molecule has 1 aromatic heterocycles. The van der Waals surface area contributed by atoms with Gasteiger partial charge in [0.05, 0.1) is 5.75 Å². The highest BCUT2D eigenvalue weighted by atomic mass is 32.2. The Morgan fingerprint density at radius 1 is 1.50 bits per heavy atom. The second-order valence-corrected chi connectivity index (χ2v) is 4.70. The van der Waals surface area contributed by atoms with E-state index in [0.717, 1.165) is 12.3 Å². The van der Waals surface area contributed by atoms with Gasteiger partial charge in [0.1, 0.15) is 0 Å². The van der Waals surface area contributed by atoms with Gasteiger partial charge in [0.25, 0.3) is 0 Å². The smallest absolute Gasteiger partial charge is 0.212 e. The van der Waals surface area contributed by atoms with Crippen molar-refractivity contribution in [3.8, 4) is 0 Å². The first-order valence-electron chi connectivity index (χ1n) is 3.25. The maximum atomic E-state index is 12.3. The molecule has 0 aliphatic rings. The summed E-state index contributed by atoms with van der Waals surface area (Å²) >= 11 is 0. The summed E-state index contributed by atoms with van der Waals surface area (Å²) in [5.41, 5.74) is 0.499. The molecule has 0 bridgehead atoms. The Morgan fingerprint density at radius 2 is 2.17 bits per heavy atom. The van der Waals surface area contributed by atoms with Crippen molar-refractivity contribution in [1.82, 2.24) is 4.98 Å². The molecule has 12 heavy (non-hydrogen) atoms. The lowest BCUT2D eigenvalue weighted by Crippen LogP contribution is -2.01. The topological polar surface area (TPSA) is 47.0 Å². The third kappa shape index (κ3) is 2.96. The zero-order valence-electron chi connectivity index (χ0n) is 6.49. The molecular formula is C7H8FNO2S. The highest BCUT2D eigenvalue weighted by Crippen LogP contribution is 2.03. The van der Waals surface area contributed by atoms with Crippen LogP contribution in [0.15, 0.2) is 18.3 Å². The molecule has 0 aliphatic heterocycles. The summed E-state index contributed by atoms with van der Waals surface area (Å²) in [7, 11) is -3.05. The predicted molar refractivity (Wildman–Crippen MR) is 42.7 cm³/mol. The molecule has 0 saturated heterocycles. The van der Waals surface area contributed by atoms with Crippen LogP contribution in [0.5, 0.6) is 0 Å². The van der Waals surface area contributed by atoms with E-state index in [1.165, 1.54) is 12.3 Å². The van der Waals surface area contributed by atoms with Crippen LogP contribution in [0.1, 0.15) is 5.56 Å². The largest absolute Gasteiger partial charge is 0.229 e. The van der Waals surface area contributed by atoms with E-state index in [1.54, 1.807) is 0 Å². The van der Waals surface area contributed by atoms with E-state index in [4.69, 9.17) is 0 Å². The molecule has 1 aromatic rings.